The van der Waals surface area contributed by atoms with Crippen LogP contribution in [0, 0.1) is 5.41 Å². The molecule has 0 radical (unpaired) electrons. The number of nitrogens with one attached hydrogen (secondary N) is 2. The minimum absolute atomic E-state index is 0.0193. The fourth-order valence-electron chi connectivity index (χ4n) is 2.04. The quantitative estimate of drug-likeness (QED) is 0.847. The van der Waals surface area contributed by atoms with Crippen molar-refractivity contribution in [2.45, 2.75) is 33.7 Å². The van der Waals surface area contributed by atoms with Gasteiger partial charge in [0.2, 0.25) is 5.91 Å². The van der Waals surface area contributed by atoms with Crippen LogP contribution in [0.1, 0.15) is 39.3 Å². The van der Waals surface area contributed by atoms with E-state index < -0.39 is 5.41 Å². The summed E-state index contributed by atoms with van der Waals surface area (Å²) in [6.07, 6.45) is 0. The molecule has 1 unspecified atom stereocenters. The number of carbonyl (C=O) groups excluding carboxylic acids is 1. The molecule has 0 bridgehead atoms. The van der Waals surface area contributed by atoms with E-state index >= 15 is 0 Å². The predicted octanol–water partition coefficient (Wildman–Crippen LogP) is 4.84. The van der Waals surface area contributed by atoms with Crippen molar-refractivity contribution in [2.24, 2.45) is 5.41 Å². The highest BCUT2D eigenvalue weighted by Crippen LogP contribution is 2.22. The molecule has 3 nitrogen and oxygen atoms in total. The number of anilines is 2. The number of carbonyl (C=O) groups is 1. The van der Waals surface area contributed by atoms with Gasteiger partial charge in [-0.2, -0.15) is 0 Å². The van der Waals surface area contributed by atoms with Crippen LogP contribution in [0.3, 0.4) is 0 Å². The molecule has 2 rings (SSSR count). The number of rotatable bonds is 4. The average Bonchev–Trinajstić information content (AvgIpc) is 2.49. The summed E-state index contributed by atoms with van der Waals surface area (Å²) in [6.45, 7) is 7.84. The van der Waals surface area contributed by atoms with Gasteiger partial charge in [-0.15, -0.1) is 0 Å². The first-order chi connectivity index (χ1) is 10.4. The first-order valence-corrected chi connectivity index (χ1v) is 7.59. The van der Waals surface area contributed by atoms with Gasteiger partial charge in [0, 0.05) is 22.8 Å². The van der Waals surface area contributed by atoms with Gasteiger partial charge in [-0.05, 0) is 36.8 Å². The van der Waals surface area contributed by atoms with Gasteiger partial charge in [0.25, 0.3) is 0 Å². The van der Waals surface area contributed by atoms with Crippen LogP contribution < -0.4 is 10.6 Å². The Kier molecular flexibility index (Phi) is 4.86. The normalized spacial score (nSPS) is 12.5. The second kappa shape index (κ2) is 6.65. The molecule has 0 saturated heterocycles. The summed E-state index contributed by atoms with van der Waals surface area (Å²) < 4.78 is 0. The number of amides is 1. The molecule has 0 aliphatic rings. The Labute approximate surface area is 132 Å². The van der Waals surface area contributed by atoms with Crippen molar-refractivity contribution < 1.29 is 4.79 Å². The third kappa shape index (κ3) is 4.35. The van der Waals surface area contributed by atoms with Crippen molar-refractivity contribution in [3.05, 3.63) is 60.2 Å². The minimum atomic E-state index is -0.390. The topological polar surface area (TPSA) is 41.1 Å². The van der Waals surface area contributed by atoms with Crippen LogP contribution in [0.4, 0.5) is 11.4 Å². The Bertz CT molecular complexity index is 612. The molecule has 22 heavy (non-hydrogen) atoms. The lowest BCUT2D eigenvalue weighted by atomic mass is 9.95. The van der Waals surface area contributed by atoms with Gasteiger partial charge in [0.15, 0.2) is 0 Å². The first kappa shape index (κ1) is 16.1. The molecule has 2 N–H and O–H groups in total. The molecule has 0 aromatic heterocycles. The van der Waals surface area contributed by atoms with Crippen molar-refractivity contribution in [1.29, 1.82) is 0 Å². The summed E-state index contributed by atoms with van der Waals surface area (Å²) in [5.41, 5.74) is 2.70. The van der Waals surface area contributed by atoms with E-state index in [-0.39, 0.29) is 11.9 Å². The smallest absolute Gasteiger partial charge is 0.229 e. The van der Waals surface area contributed by atoms with E-state index in [0.29, 0.717) is 0 Å². The highest BCUT2D eigenvalue weighted by atomic mass is 16.2. The van der Waals surface area contributed by atoms with Gasteiger partial charge >= 0.3 is 0 Å². The maximum absolute atomic E-state index is 12.0. The molecule has 0 heterocycles. The van der Waals surface area contributed by atoms with E-state index in [9.17, 15) is 4.79 Å². The van der Waals surface area contributed by atoms with Gasteiger partial charge in [0.1, 0.15) is 0 Å². The molecule has 2 aromatic rings. The third-order valence-corrected chi connectivity index (χ3v) is 3.51. The fourth-order valence-corrected chi connectivity index (χ4v) is 2.04. The summed E-state index contributed by atoms with van der Waals surface area (Å²) in [5, 5.41) is 6.38. The van der Waals surface area contributed by atoms with Crippen molar-refractivity contribution in [3.63, 3.8) is 0 Å². The van der Waals surface area contributed by atoms with Crippen molar-refractivity contribution in [3.8, 4) is 0 Å². The van der Waals surface area contributed by atoms with Crippen molar-refractivity contribution in [1.82, 2.24) is 0 Å². The Hall–Kier alpha value is -2.29. The first-order valence-electron chi connectivity index (χ1n) is 7.59. The van der Waals surface area contributed by atoms with Crippen LogP contribution in [0.15, 0.2) is 54.6 Å². The summed E-state index contributed by atoms with van der Waals surface area (Å²) in [5.74, 6) is 0.0193. The Morgan fingerprint density at radius 3 is 2.00 bits per heavy atom. The molecular formula is C19H24N2O. The van der Waals surface area contributed by atoms with Crippen molar-refractivity contribution >= 4 is 17.3 Å². The Balaban J connectivity index is 1.99. The van der Waals surface area contributed by atoms with Gasteiger partial charge < -0.3 is 10.6 Å². The van der Waals surface area contributed by atoms with Crippen molar-refractivity contribution in [2.75, 3.05) is 10.6 Å². The number of benzene rings is 2. The molecule has 0 fully saturated rings. The number of hydrogen-bond acceptors (Lipinski definition) is 2. The second-order valence-electron chi connectivity index (χ2n) is 6.56. The fraction of sp³-hybridized carbons (Fsp3) is 0.316. The maximum atomic E-state index is 12.0. The zero-order chi connectivity index (χ0) is 16.2. The van der Waals surface area contributed by atoms with Crippen LogP contribution in [-0.2, 0) is 4.79 Å². The lowest BCUT2D eigenvalue weighted by molar-refractivity contribution is -0.123. The highest BCUT2D eigenvalue weighted by Gasteiger charge is 2.20. The second-order valence-corrected chi connectivity index (χ2v) is 6.56. The average molecular weight is 296 g/mol. The molecule has 2 aromatic carbocycles. The molecule has 0 aliphatic heterocycles. The summed E-state index contributed by atoms with van der Waals surface area (Å²) >= 11 is 0. The molecule has 0 aliphatic carbocycles. The molecule has 3 heteroatoms. The molecule has 1 atom stereocenters. The van der Waals surface area contributed by atoms with Gasteiger partial charge in [-0.1, -0.05) is 51.1 Å². The zero-order valence-corrected chi connectivity index (χ0v) is 13.7. The van der Waals surface area contributed by atoms with E-state index in [4.69, 9.17) is 0 Å². The lowest BCUT2D eigenvalue weighted by Gasteiger charge is -2.18. The van der Waals surface area contributed by atoms with E-state index in [0.717, 1.165) is 11.4 Å². The summed E-state index contributed by atoms with van der Waals surface area (Å²) in [7, 11) is 0. The summed E-state index contributed by atoms with van der Waals surface area (Å²) in [4.78, 5) is 12.0. The predicted molar refractivity (Wildman–Crippen MR) is 93.0 cm³/mol. The van der Waals surface area contributed by atoms with Crippen LogP contribution in [0.25, 0.3) is 0 Å². The standard InChI is InChI=1S/C19H24N2O/c1-14(15-8-6-5-7-9-15)20-16-10-12-17(13-11-16)21-18(22)19(2,3)4/h5-14,20H,1-4H3,(H,21,22). The minimum Gasteiger partial charge on any atom is -0.379 e. The molecule has 0 saturated carbocycles. The van der Waals surface area contributed by atoms with Gasteiger partial charge in [-0.25, -0.2) is 0 Å². The molecule has 0 spiro atoms. The molecule has 1 amide bonds. The zero-order valence-electron chi connectivity index (χ0n) is 13.7. The molecule has 116 valence electrons. The van der Waals surface area contributed by atoms with Crippen LogP contribution >= 0.6 is 0 Å². The SMILES string of the molecule is CC(Nc1ccc(NC(=O)C(C)(C)C)cc1)c1ccccc1. The van der Waals surface area contributed by atoms with Gasteiger partial charge in [-0.3, -0.25) is 4.79 Å². The molecular weight excluding hydrogens is 272 g/mol. The highest BCUT2D eigenvalue weighted by molar-refractivity contribution is 5.94. The largest absolute Gasteiger partial charge is 0.379 e. The van der Waals surface area contributed by atoms with Crippen LogP contribution in [0.2, 0.25) is 0 Å². The van der Waals surface area contributed by atoms with Crippen LogP contribution in [0.5, 0.6) is 0 Å². The number of hydrogen-bond donors (Lipinski definition) is 2. The van der Waals surface area contributed by atoms with E-state index in [1.165, 1.54) is 5.56 Å². The Morgan fingerprint density at radius 2 is 1.45 bits per heavy atom. The van der Waals surface area contributed by atoms with E-state index in [1.54, 1.807) is 0 Å². The van der Waals surface area contributed by atoms with E-state index in [1.807, 2.05) is 63.2 Å². The maximum Gasteiger partial charge on any atom is 0.229 e. The van der Waals surface area contributed by atoms with Gasteiger partial charge in [0.05, 0.1) is 0 Å². The van der Waals surface area contributed by atoms with E-state index in [2.05, 4.69) is 29.7 Å². The van der Waals surface area contributed by atoms with Crippen LogP contribution in [-0.4, -0.2) is 5.91 Å². The lowest BCUT2D eigenvalue weighted by Crippen LogP contribution is -2.27. The summed E-state index contributed by atoms with van der Waals surface area (Å²) in [6, 6.07) is 18.4. The third-order valence-electron chi connectivity index (χ3n) is 3.51. The monoisotopic (exact) mass is 296 g/mol. The Morgan fingerprint density at radius 1 is 0.909 bits per heavy atom.